The molecule has 0 aromatic carbocycles. The highest BCUT2D eigenvalue weighted by Gasteiger charge is 2.37. The van der Waals surface area contributed by atoms with Crippen LogP contribution in [-0.4, -0.2) is 56.8 Å². The van der Waals surface area contributed by atoms with Crippen LogP contribution in [0.1, 0.15) is 67.6 Å². The maximum atomic E-state index is 12.1. The van der Waals surface area contributed by atoms with Crippen molar-refractivity contribution in [2.24, 2.45) is 0 Å². The fourth-order valence-electron chi connectivity index (χ4n) is 5.28. The lowest BCUT2D eigenvalue weighted by Crippen LogP contribution is -2.43. The van der Waals surface area contributed by atoms with Crippen LogP contribution in [0.25, 0.3) is 10.2 Å². The summed E-state index contributed by atoms with van der Waals surface area (Å²) in [6.07, 6.45) is 6.90. The first-order chi connectivity index (χ1) is 15.0. The molecule has 1 saturated carbocycles. The molecule has 2 aliphatic heterocycles. The van der Waals surface area contributed by atoms with Crippen molar-refractivity contribution in [2.75, 3.05) is 18.4 Å². The molecule has 0 bridgehead atoms. The van der Waals surface area contributed by atoms with E-state index in [2.05, 4.69) is 24.1 Å². The number of carbonyl (C=O) groups is 2. The van der Waals surface area contributed by atoms with Gasteiger partial charge in [-0.25, -0.2) is 9.97 Å². The van der Waals surface area contributed by atoms with E-state index in [4.69, 9.17) is 9.97 Å². The maximum Gasteiger partial charge on any atom is 0.229 e. The zero-order chi connectivity index (χ0) is 21.5. The minimum absolute atomic E-state index is 0.00912. The van der Waals surface area contributed by atoms with E-state index in [1.165, 1.54) is 23.3 Å². The number of aromatic nitrogens is 2. The van der Waals surface area contributed by atoms with Gasteiger partial charge in [0.2, 0.25) is 11.8 Å². The zero-order valence-corrected chi connectivity index (χ0v) is 19.3. The number of thiophene rings is 1. The second-order valence-corrected chi connectivity index (χ2v) is 10.4. The monoisotopic (exact) mass is 441 g/mol. The van der Waals surface area contributed by atoms with Crippen LogP contribution in [0.4, 0.5) is 5.82 Å². The molecule has 8 heteroatoms. The molecule has 3 fully saturated rings. The number of likely N-dealkylation sites (tertiary alicyclic amines) is 2. The lowest BCUT2D eigenvalue weighted by atomic mass is 9.90. The molecular formula is C23H31N5O2S. The van der Waals surface area contributed by atoms with Crippen LogP contribution in [0.2, 0.25) is 0 Å². The number of fused-ring (bicyclic) bond motifs is 1. The predicted molar refractivity (Wildman–Crippen MR) is 122 cm³/mol. The summed E-state index contributed by atoms with van der Waals surface area (Å²) in [6, 6.07) is 0.378. The molecule has 166 valence electrons. The molecule has 2 amide bonds. The quantitative estimate of drug-likeness (QED) is 0.712. The Kier molecular flexibility index (Phi) is 5.69. The van der Waals surface area contributed by atoms with Gasteiger partial charge in [0.1, 0.15) is 16.5 Å². The summed E-state index contributed by atoms with van der Waals surface area (Å²) in [7, 11) is 0. The van der Waals surface area contributed by atoms with E-state index in [1.807, 2.05) is 0 Å². The Morgan fingerprint density at radius 1 is 1.00 bits per heavy atom. The highest BCUT2D eigenvalue weighted by atomic mass is 32.1. The third-order valence-corrected chi connectivity index (χ3v) is 8.23. The number of amides is 2. The number of hydrogen-bond donors (Lipinski definition) is 1. The van der Waals surface area contributed by atoms with Gasteiger partial charge in [-0.15, -0.1) is 11.3 Å². The van der Waals surface area contributed by atoms with E-state index in [1.54, 1.807) is 16.2 Å². The van der Waals surface area contributed by atoms with Crippen molar-refractivity contribution in [3.05, 3.63) is 16.3 Å². The standard InChI is InChI=1S/C23H31N5O2S/c1-14-15(2)31-23-21(14)22(25-18(26-23)13-27-11-3-4-12-27)24-16-5-7-17(8-6-16)28-19(29)9-10-20(28)30/h16-17H,3-13H2,1-2H3,(H,24,25,26). The largest absolute Gasteiger partial charge is 0.367 e. The number of anilines is 1. The second kappa shape index (κ2) is 8.47. The van der Waals surface area contributed by atoms with E-state index in [-0.39, 0.29) is 17.9 Å². The van der Waals surface area contributed by atoms with Gasteiger partial charge in [0, 0.05) is 29.8 Å². The van der Waals surface area contributed by atoms with E-state index >= 15 is 0 Å². The van der Waals surface area contributed by atoms with Crippen LogP contribution in [0.15, 0.2) is 0 Å². The number of nitrogens with zero attached hydrogens (tertiary/aromatic N) is 4. The summed E-state index contributed by atoms with van der Waals surface area (Å²) >= 11 is 1.75. The third kappa shape index (κ3) is 4.07. The number of imide groups is 1. The summed E-state index contributed by atoms with van der Waals surface area (Å²) in [6.45, 7) is 7.38. The summed E-state index contributed by atoms with van der Waals surface area (Å²) in [5.41, 5.74) is 1.26. The molecule has 7 nitrogen and oxygen atoms in total. The zero-order valence-electron chi connectivity index (χ0n) is 18.4. The van der Waals surface area contributed by atoms with Crippen molar-refractivity contribution < 1.29 is 9.59 Å². The molecule has 31 heavy (non-hydrogen) atoms. The van der Waals surface area contributed by atoms with Crippen LogP contribution in [0.5, 0.6) is 0 Å². The molecule has 0 spiro atoms. The highest BCUT2D eigenvalue weighted by molar-refractivity contribution is 7.18. The lowest BCUT2D eigenvalue weighted by Gasteiger charge is -2.34. The minimum Gasteiger partial charge on any atom is -0.367 e. The van der Waals surface area contributed by atoms with Gasteiger partial charge < -0.3 is 5.32 Å². The molecule has 3 aliphatic rings. The Hall–Kier alpha value is -2.06. The van der Waals surface area contributed by atoms with Crippen LogP contribution >= 0.6 is 11.3 Å². The van der Waals surface area contributed by atoms with Gasteiger partial charge in [0.25, 0.3) is 0 Å². The van der Waals surface area contributed by atoms with Crippen molar-refractivity contribution in [2.45, 2.75) is 83.8 Å². The van der Waals surface area contributed by atoms with Gasteiger partial charge in [0.05, 0.1) is 11.9 Å². The minimum atomic E-state index is 0.00912. The highest BCUT2D eigenvalue weighted by Crippen LogP contribution is 2.35. The molecule has 0 unspecified atom stereocenters. The molecule has 5 rings (SSSR count). The molecule has 1 aliphatic carbocycles. The Labute approximate surface area is 187 Å². The first-order valence-corrected chi connectivity index (χ1v) is 12.4. The molecule has 0 atom stereocenters. The Morgan fingerprint density at radius 3 is 2.35 bits per heavy atom. The van der Waals surface area contributed by atoms with Crippen LogP contribution in [0.3, 0.4) is 0 Å². The van der Waals surface area contributed by atoms with Gasteiger partial charge in [-0.05, 0) is 71.0 Å². The molecule has 4 heterocycles. The summed E-state index contributed by atoms with van der Waals surface area (Å²) in [5, 5.41) is 4.88. The molecule has 2 aromatic rings. The van der Waals surface area contributed by atoms with Crippen molar-refractivity contribution >= 4 is 39.2 Å². The second-order valence-electron chi connectivity index (χ2n) is 9.24. The lowest BCUT2D eigenvalue weighted by molar-refractivity contribution is -0.141. The van der Waals surface area contributed by atoms with Gasteiger partial charge in [-0.1, -0.05) is 0 Å². The third-order valence-electron chi connectivity index (χ3n) is 7.13. The van der Waals surface area contributed by atoms with Crippen molar-refractivity contribution in [1.29, 1.82) is 0 Å². The van der Waals surface area contributed by atoms with E-state index in [9.17, 15) is 9.59 Å². The Morgan fingerprint density at radius 2 is 1.68 bits per heavy atom. The molecule has 2 saturated heterocycles. The van der Waals surface area contributed by atoms with Crippen molar-refractivity contribution in [3.8, 4) is 0 Å². The van der Waals surface area contributed by atoms with Crippen LogP contribution in [0, 0.1) is 13.8 Å². The SMILES string of the molecule is Cc1sc2nc(CN3CCCC3)nc(NC3CCC(N4C(=O)CCC4=O)CC3)c2c1C. The van der Waals surface area contributed by atoms with Crippen molar-refractivity contribution in [3.63, 3.8) is 0 Å². The summed E-state index contributed by atoms with van der Waals surface area (Å²) in [4.78, 5) is 40.4. The molecule has 0 radical (unpaired) electrons. The summed E-state index contributed by atoms with van der Waals surface area (Å²) in [5.74, 6) is 1.88. The van der Waals surface area contributed by atoms with Crippen LogP contribution < -0.4 is 5.32 Å². The Bertz CT molecular complexity index is 989. The van der Waals surface area contributed by atoms with Gasteiger partial charge >= 0.3 is 0 Å². The first-order valence-electron chi connectivity index (χ1n) is 11.6. The van der Waals surface area contributed by atoms with Gasteiger partial charge in [0.15, 0.2) is 0 Å². The number of hydrogen-bond acceptors (Lipinski definition) is 7. The number of carbonyl (C=O) groups excluding carboxylic acids is 2. The van der Waals surface area contributed by atoms with Crippen LogP contribution in [-0.2, 0) is 16.1 Å². The van der Waals surface area contributed by atoms with Crippen molar-refractivity contribution in [1.82, 2.24) is 19.8 Å². The van der Waals surface area contributed by atoms with E-state index < -0.39 is 0 Å². The number of aryl methyl sites for hydroxylation is 2. The predicted octanol–water partition coefficient (Wildman–Crippen LogP) is 3.78. The normalized spacial score (nSPS) is 25.2. The Balaban J connectivity index is 1.33. The van der Waals surface area contributed by atoms with Gasteiger partial charge in [-0.3, -0.25) is 19.4 Å². The topological polar surface area (TPSA) is 78.4 Å². The van der Waals surface area contributed by atoms with E-state index in [0.29, 0.717) is 18.9 Å². The average molecular weight is 442 g/mol. The molecule has 1 N–H and O–H groups in total. The maximum absolute atomic E-state index is 12.1. The fourth-order valence-corrected chi connectivity index (χ4v) is 6.33. The molecule has 2 aromatic heterocycles. The number of nitrogens with one attached hydrogen (secondary N) is 1. The van der Waals surface area contributed by atoms with E-state index in [0.717, 1.165) is 67.2 Å². The smallest absolute Gasteiger partial charge is 0.229 e. The fraction of sp³-hybridized carbons (Fsp3) is 0.652. The first kappa shape index (κ1) is 20.8. The van der Waals surface area contributed by atoms with Gasteiger partial charge in [-0.2, -0.15) is 0 Å². The average Bonchev–Trinajstić information content (AvgIpc) is 3.44. The number of rotatable bonds is 5. The summed E-state index contributed by atoms with van der Waals surface area (Å²) < 4.78 is 0. The molecular weight excluding hydrogens is 410 g/mol.